The van der Waals surface area contributed by atoms with Crippen LogP contribution in [0.4, 0.5) is 0 Å². The van der Waals surface area contributed by atoms with Gasteiger partial charge >= 0.3 is 5.69 Å². The summed E-state index contributed by atoms with van der Waals surface area (Å²) in [6.45, 7) is 2.12. The minimum absolute atomic E-state index is 0.0641. The van der Waals surface area contributed by atoms with Gasteiger partial charge in [0.25, 0.3) is 0 Å². The number of carbonyl (C=O) groups excluding carboxylic acids is 3. The third-order valence-corrected chi connectivity index (χ3v) is 2.63. The number of alkyl halides is 1. The van der Waals surface area contributed by atoms with Crippen molar-refractivity contribution in [1.82, 2.24) is 9.13 Å². The van der Waals surface area contributed by atoms with E-state index in [2.05, 4.69) is 15.9 Å². The van der Waals surface area contributed by atoms with Crippen molar-refractivity contribution in [1.29, 1.82) is 0 Å². The van der Waals surface area contributed by atoms with Gasteiger partial charge in [0, 0.05) is 19.2 Å². The van der Waals surface area contributed by atoms with E-state index >= 15 is 0 Å². The van der Waals surface area contributed by atoms with E-state index in [-0.39, 0.29) is 11.0 Å². The maximum absolute atomic E-state index is 11.7. The Morgan fingerprint density at radius 2 is 1.65 bits per heavy atom. The Bertz CT molecular complexity index is 569. The van der Waals surface area contributed by atoms with Gasteiger partial charge in [-0.1, -0.05) is 15.9 Å². The molecule has 0 saturated carbocycles. The first kappa shape index (κ1) is 13.4. The molecule has 0 aliphatic heterocycles. The summed E-state index contributed by atoms with van der Waals surface area (Å²) < 4.78 is 1.04. The van der Waals surface area contributed by atoms with Crippen molar-refractivity contribution in [2.75, 3.05) is 0 Å². The zero-order chi connectivity index (χ0) is 13.3. The van der Waals surface area contributed by atoms with Gasteiger partial charge in [0.1, 0.15) is 0 Å². The molecule has 0 N–H and O–H groups in total. The second kappa shape index (κ2) is 4.66. The predicted molar refractivity (Wildman–Crippen MR) is 58.3 cm³/mol. The number of carboxylic acid groups (broad SMARTS) is 1. The molecule has 1 aromatic rings. The zero-order valence-corrected chi connectivity index (χ0v) is 10.6. The molecule has 0 radical (unpaired) electrons. The van der Waals surface area contributed by atoms with Crippen LogP contribution in [-0.4, -0.2) is 26.9 Å². The Morgan fingerprint density at radius 1 is 1.18 bits per heavy atom. The van der Waals surface area contributed by atoms with Gasteiger partial charge < -0.3 is 9.90 Å². The highest BCUT2D eigenvalue weighted by Crippen LogP contribution is 2.11. The summed E-state index contributed by atoms with van der Waals surface area (Å²) in [6, 6.07) is 0. The Hall–Kier alpha value is -1.70. The number of carbonyl (C=O) groups is 3. The maximum Gasteiger partial charge on any atom is 0.342 e. The highest BCUT2D eigenvalue weighted by molar-refractivity contribution is 9.08. The molecule has 0 aromatic carbocycles. The van der Waals surface area contributed by atoms with Crippen LogP contribution in [0.25, 0.3) is 0 Å². The fourth-order valence-corrected chi connectivity index (χ4v) is 2.01. The maximum atomic E-state index is 11.7. The fraction of sp³-hybridized carbons (Fsp3) is 0.333. The highest BCUT2D eigenvalue weighted by Gasteiger charge is 2.24. The fourth-order valence-electron chi connectivity index (χ4n) is 1.50. The number of hydrogen-bond donors (Lipinski definition) is 0. The van der Waals surface area contributed by atoms with Crippen LogP contribution in [0.3, 0.4) is 0 Å². The minimum Gasteiger partial charge on any atom is -0.543 e. The molecular formula is C9H8BrN2O5-. The van der Waals surface area contributed by atoms with Crippen LogP contribution in [0.1, 0.15) is 39.6 Å². The molecule has 1 heterocycles. The number of halogens is 1. The van der Waals surface area contributed by atoms with E-state index in [0.717, 1.165) is 13.8 Å². The number of carboxylic acids is 1. The largest absolute Gasteiger partial charge is 0.543 e. The van der Waals surface area contributed by atoms with Crippen molar-refractivity contribution < 1.29 is 19.5 Å². The molecule has 1 aromatic heterocycles. The topological polar surface area (TPSA) is 101 Å². The normalized spacial score (nSPS) is 10.3. The second-order valence-electron chi connectivity index (χ2n) is 3.21. The molecule has 0 spiro atoms. The van der Waals surface area contributed by atoms with E-state index in [1.807, 2.05) is 0 Å². The molecular weight excluding hydrogens is 296 g/mol. The van der Waals surface area contributed by atoms with Crippen molar-refractivity contribution in [2.45, 2.75) is 19.2 Å². The number of hydrogen-bond acceptors (Lipinski definition) is 5. The summed E-state index contributed by atoms with van der Waals surface area (Å²) in [5.74, 6) is -3.16. The standard InChI is InChI=1S/C9H9BrN2O5/c1-4(13)11-6(3-10)7(8(15)16)12(5(2)14)9(11)17/h3H2,1-2H3,(H,15,16)/p-1. The van der Waals surface area contributed by atoms with Crippen LogP contribution >= 0.6 is 15.9 Å². The Labute approximate surface area is 104 Å². The van der Waals surface area contributed by atoms with Crippen LogP contribution in [-0.2, 0) is 5.33 Å². The summed E-state index contributed by atoms with van der Waals surface area (Å²) in [4.78, 5) is 45.1. The Balaban J connectivity index is 3.85. The van der Waals surface area contributed by atoms with Gasteiger partial charge in [-0.25, -0.2) is 13.9 Å². The van der Waals surface area contributed by atoms with E-state index in [1.165, 1.54) is 0 Å². The van der Waals surface area contributed by atoms with Crippen molar-refractivity contribution in [3.8, 4) is 0 Å². The van der Waals surface area contributed by atoms with Crippen molar-refractivity contribution in [3.05, 3.63) is 21.9 Å². The second-order valence-corrected chi connectivity index (χ2v) is 3.77. The molecule has 17 heavy (non-hydrogen) atoms. The van der Waals surface area contributed by atoms with E-state index in [9.17, 15) is 24.3 Å². The number of imidazole rings is 1. The minimum atomic E-state index is -1.69. The first-order valence-electron chi connectivity index (χ1n) is 4.48. The van der Waals surface area contributed by atoms with Gasteiger partial charge in [-0.15, -0.1) is 0 Å². The summed E-state index contributed by atoms with van der Waals surface area (Å²) >= 11 is 2.96. The van der Waals surface area contributed by atoms with Crippen LogP contribution in [0, 0.1) is 0 Å². The lowest BCUT2D eigenvalue weighted by Crippen LogP contribution is -2.34. The summed E-state index contributed by atoms with van der Waals surface area (Å²) in [5, 5.41) is 10.9. The molecule has 92 valence electrons. The van der Waals surface area contributed by atoms with E-state index in [0.29, 0.717) is 9.13 Å². The molecule has 1 rings (SSSR count). The van der Waals surface area contributed by atoms with Gasteiger partial charge in [-0.05, 0) is 0 Å². The lowest BCUT2D eigenvalue weighted by molar-refractivity contribution is -0.255. The van der Waals surface area contributed by atoms with E-state index in [1.54, 1.807) is 0 Å². The van der Waals surface area contributed by atoms with Gasteiger partial charge in [0.2, 0.25) is 11.8 Å². The van der Waals surface area contributed by atoms with Crippen LogP contribution in [0.5, 0.6) is 0 Å². The molecule has 0 unspecified atom stereocenters. The third-order valence-electron chi connectivity index (χ3n) is 2.10. The summed E-state index contributed by atoms with van der Waals surface area (Å²) in [6.07, 6.45) is 0. The third kappa shape index (κ3) is 2.07. The average molecular weight is 304 g/mol. The van der Waals surface area contributed by atoms with E-state index in [4.69, 9.17) is 0 Å². The molecule has 0 aliphatic carbocycles. The average Bonchev–Trinajstić information content (AvgIpc) is 2.50. The van der Waals surface area contributed by atoms with Gasteiger partial charge in [-0.3, -0.25) is 9.59 Å². The van der Waals surface area contributed by atoms with Crippen LogP contribution < -0.4 is 10.8 Å². The first-order chi connectivity index (χ1) is 7.82. The van der Waals surface area contributed by atoms with Gasteiger partial charge in [0.05, 0.1) is 17.4 Å². The molecule has 0 bridgehead atoms. The van der Waals surface area contributed by atoms with Crippen molar-refractivity contribution in [3.63, 3.8) is 0 Å². The molecule has 7 nitrogen and oxygen atoms in total. The molecule has 8 heteroatoms. The van der Waals surface area contributed by atoms with E-state index < -0.39 is 29.2 Å². The monoisotopic (exact) mass is 303 g/mol. The molecule has 0 saturated heterocycles. The van der Waals surface area contributed by atoms with Crippen molar-refractivity contribution >= 4 is 33.7 Å². The quantitative estimate of drug-likeness (QED) is 0.668. The summed E-state index contributed by atoms with van der Waals surface area (Å²) in [7, 11) is 0. The van der Waals surface area contributed by atoms with Crippen molar-refractivity contribution in [2.24, 2.45) is 0 Å². The van der Waals surface area contributed by atoms with Gasteiger partial charge in [-0.2, -0.15) is 0 Å². The Kier molecular flexibility index (Phi) is 3.66. The summed E-state index contributed by atoms with van der Waals surface area (Å²) in [5.41, 5.74) is -1.72. The Morgan fingerprint density at radius 3 is 1.94 bits per heavy atom. The molecule has 0 atom stereocenters. The number of aromatic nitrogens is 2. The number of aromatic carboxylic acids is 1. The first-order valence-corrected chi connectivity index (χ1v) is 5.60. The van der Waals surface area contributed by atoms with Gasteiger partial charge in [0.15, 0.2) is 0 Å². The lowest BCUT2D eigenvalue weighted by atomic mass is 10.3. The number of rotatable bonds is 2. The van der Waals surface area contributed by atoms with Crippen LogP contribution in [0.2, 0.25) is 0 Å². The SMILES string of the molecule is CC(=O)n1c(CBr)c(C(=O)[O-])n(C(C)=O)c1=O. The molecule has 0 amide bonds. The zero-order valence-electron chi connectivity index (χ0n) is 9.02. The number of nitrogens with zero attached hydrogens (tertiary/aromatic N) is 2. The lowest BCUT2D eigenvalue weighted by Gasteiger charge is -2.06. The predicted octanol–water partition coefficient (Wildman–Crippen LogP) is -0.772. The molecule has 0 aliphatic rings. The van der Waals surface area contributed by atoms with Crippen LogP contribution in [0.15, 0.2) is 4.79 Å². The smallest absolute Gasteiger partial charge is 0.342 e. The highest BCUT2D eigenvalue weighted by atomic mass is 79.9. The molecule has 0 fully saturated rings.